The molecule has 0 amide bonds. The van der Waals surface area contributed by atoms with E-state index in [4.69, 9.17) is 9.47 Å². The maximum absolute atomic E-state index is 11.4. The van der Waals surface area contributed by atoms with E-state index in [0.717, 1.165) is 22.3 Å². The highest BCUT2D eigenvalue weighted by Gasteiger charge is 2.45. The van der Waals surface area contributed by atoms with Crippen molar-refractivity contribution in [2.75, 3.05) is 13.7 Å². The maximum atomic E-state index is 11.4. The second kappa shape index (κ2) is 20.6. The molecule has 1 heterocycles. The minimum atomic E-state index is -1.47. The maximum Gasteiger partial charge on any atom is 0.333 e. The van der Waals surface area contributed by atoms with E-state index in [0.29, 0.717) is 12.0 Å². The van der Waals surface area contributed by atoms with Crippen LogP contribution in [0.25, 0.3) is 0 Å². The Kier molecular flexibility index (Phi) is 18.2. The molecule has 0 spiro atoms. The molecule has 1 fully saturated rings. The molecule has 0 aliphatic carbocycles. The lowest BCUT2D eigenvalue weighted by Gasteiger charge is -2.42. The summed E-state index contributed by atoms with van der Waals surface area (Å²) in [5.41, 5.74) is 4.11. The van der Waals surface area contributed by atoms with E-state index >= 15 is 0 Å². The molecule has 8 heteroatoms. The van der Waals surface area contributed by atoms with E-state index in [1.54, 1.807) is 13.0 Å². The van der Waals surface area contributed by atoms with Crippen molar-refractivity contribution in [3.05, 3.63) is 119 Å². The molecule has 0 unspecified atom stereocenters. The van der Waals surface area contributed by atoms with Crippen LogP contribution in [-0.2, 0) is 19.0 Å². The summed E-state index contributed by atoms with van der Waals surface area (Å²) in [4.78, 5) is 11.4. The molecule has 45 heavy (non-hydrogen) atoms. The molecular formula is C37H52O8. The molecule has 0 saturated carbocycles. The smallest absolute Gasteiger partial charge is 0.333 e. The normalized spacial score (nSPS) is 25.2. The summed E-state index contributed by atoms with van der Waals surface area (Å²) in [6.07, 6.45) is 23.5. The van der Waals surface area contributed by atoms with Gasteiger partial charge < -0.3 is 34.6 Å². The van der Waals surface area contributed by atoms with Crippen molar-refractivity contribution in [2.24, 2.45) is 0 Å². The van der Waals surface area contributed by atoms with Crippen molar-refractivity contribution < 1.29 is 39.4 Å². The van der Waals surface area contributed by atoms with Crippen LogP contribution in [-0.4, -0.2) is 76.4 Å². The number of hydrogen-bond donors (Lipinski definition) is 4. The molecule has 4 N–H and O–H groups in total. The monoisotopic (exact) mass is 624 g/mol. The number of carbonyl (C=O) groups excluding carboxylic acids is 1. The Bertz CT molecular complexity index is 1250. The molecule has 0 aromatic carbocycles. The van der Waals surface area contributed by atoms with E-state index in [1.807, 2.05) is 127 Å². The number of esters is 1. The molecule has 248 valence electrons. The molecule has 0 aromatic heterocycles. The van der Waals surface area contributed by atoms with Crippen LogP contribution in [0.15, 0.2) is 119 Å². The standard InChI is InChI=1S/C37H52O8/c1-26(15-9-10-16-27(2)21-13-23-30(5)35(42)43-8)17-11-18-28(3)19-12-20-29(4)22-14-24-37(6,7)45-36-34(41)33(40)32(39)31(25-38)44-36/h9-23,31-34,36,38-41H,24-25H2,1-8H3/b10-9+,17-11+,19-12+,21-13+,22-14+,26-15+,27-16+,28-18+,29-20+,30-23+/t31-,32-,33+,34+,36+/m1/s1. The van der Waals surface area contributed by atoms with Crippen molar-refractivity contribution in [3.63, 3.8) is 0 Å². The molecule has 1 aliphatic rings. The van der Waals surface area contributed by atoms with Crippen LogP contribution in [0.2, 0.25) is 0 Å². The minimum absolute atomic E-state index is 0.337. The first-order valence-corrected chi connectivity index (χ1v) is 15.0. The minimum Gasteiger partial charge on any atom is -0.466 e. The van der Waals surface area contributed by atoms with Gasteiger partial charge in [-0.1, -0.05) is 113 Å². The molecule has 0 bridgehead atoms. The largest absolute Gasteiger partial charge is 0.466 e. The van der Waals surface area contributed by atoms with Gasteiger partial charge in [0.2, 0.25) is 0 Å². The Balaban J connectivity index is 2.59. The third kappa shape index (κ3) is 16.0. The lowest BCUT2D eigenvalue weighted by molar-refractivity contribution is -0.322. The highest BCUT2D eigenvalue weighted by molar-refractivity contribution is 5.87. The Morgan fingerprint density at radius 3 is 1.67 bits per heavy atom. The van der Waals surface area contributed by atoms with Gasteiger partial charge in [0, 0.05) is 5.57 Å². The van der Waals surface area contributed by atoms with Gasteiger partial charge in [-0.15, -0.1) is 0 Å². The number of ether oxygens (including phenoxy) is 3. The van der Waals surface area contributed by atoms with Gasteiger partial charge in [-0.3, -0.25) is 0 Å². The van der Waals surface area contributed by atoms with Crippen LogP contribution >= 0.6 is 0 Å². The number of allylic oxidation sites excluding steroid dienone is 18. The number of aliphatic hydroxyl groups is 4. The fraction of sp³-hybridized carbons (Fsp3) is 0.432. The topological polar surface area (TPSA) is 126 Å². The molecule has 0 radical (unpaired) electrons. The Morgan fingerprint density at radius 1 is 0.711 bits per heavy atom. The third-order valence-electron chi connectivity index (χ3n) is 6.75. The van der Waals surface area contributed by atoms with Crippen LogP contribution in [0.5, 0.6) is 0 Å². The van der Waals surface area contributed by atoms with Crippen LogP contribution in [0.1, 0.15) is 54.9 Å². The lowest BCUT2D eigenvalue weighted by atomic mass is 9.98. The SMILES string of the molecule is COC(=O)/C(C)=C/C=C/C(C)=C/C=C/C=C(C)/C=C/C=C(C)/C=C/C=C(C)/C=C/CC(C)(C)O[C@@H]1O[C@H](CO)[C@@H](O)[C@H](O)[C@@H]1O. The van der Waals surface area contributed by atoms with Gasteiger partial charge in [0.1, 0.15) is 24.4 Å². The molecule has 1 saturated heterocycles. The summed E-state index contributed by atoms with van der Waals surface area (Å²) >= 11 is 0. The van der Waals surface area contributed by atoms with Crippen molar-refractivity contribution >= 4 is 5.97 Å². The summed E-state index contributed by atoms with van der Waals surface area (Å²) < 4.78 is 16.0. The Labute approximate surface area is 269 Å². The van der Waals surface area contributed by atoms with E-state index in [2.05, 4.69) is 4.74 Å². The Morgan fingerprint density at radius 2 is 1.18 bits per heavy atom. The quantitative estimate of drug-likeness (QED) is 0.105. The molecule has 8 nitrogen and oxygen atoms in total. The van der Waals surface area contributed by atoms with Crippen LogP contribution < -0.4 is 0 Å². The first-order chi connectivity index (χ1) is 21.2. The van der Waals surface area contributed by atoms with Gasteiger partial charge in [-0.05, 0) is 54.9 Å². The predicted molar refractivity (Wildman–Crippen MR) is 180 cm³/mol. The number of rotatable bonds is 15. The predicted octanol–water partition coefficient (Wildman–Crippen LogP) is 5.66. The zero-order valence-corrected chi connectivity index (χ0v) is 27.9. The second-order valence-electron chi connectivity index (χ2n) is 11.6. The molecule has 0 aromatic rings. The number of methoxy groups -OCH3 is 1. The van der Waals surface area contributed by atoms with Gasteiger partial charge >= 0.3 is 5.97 Å². The fourth-order valence-corrected chi connectivity index (χ4v) is 3.97. The summed E-state index contributed by atoms with van der Waals surface area (Å²) in [5, 5.41) is 39.5. The summed E-state index contributed by atoms with van der Waals surface area (Å²) in [6.45, 7) is 12.9. The highest BCUT2D eigenvalue weighted by Crippen LogP contribution is 2.27. The first-order valence-electron chi connectivity index (χ1n) is 15.0. The van der Waals surface area contributed by atoms with Gasteiger partial charge in [-0.2, -0.15) is 0 Å². The van der Waals surface area contributed by atoms with Crippen molar-refractivity contribution in [1.82, 2.24) is 0 Å². The zero-order chi connectivity index (χ0) is 34.0. The van der Waals surface area contributed by atoms with Crippen molar-refractivity contribution in [2.45, 2.75) is 91.2 Å². The van der Waals surface area contributed by atoms with Gasteiger partial charge in [0.25, 0.3) is 0 Å². The van der Waals surface area contributed by atoms with Crippen LogP contribution in [0, 0.1) is 0 Å². The van der Waals surface area contributed by atoms with Crippen LogP contribution in [0.3, 0.4) is 0 Å². The van der Waals surface area contributed by atoms with Gasteiger partial charge in [0.05, 0.1) is 19.3 Å². The van der Waals surface area contributed by atoms with E-state index in [1.165, 1.54) is 7.11 Å². The van der Waals surface area contributed by atoms with E-state index < -0.39 is 42.9 Å². The summed E-state index contributed by atoms with van der Waals surface area (Å²) in [6, 6.07) is 0. The molecule has 1 aliphatic heterocycles. The highest BCUT2D eigenvalue weighted by atomic mass is 16.7. The van der Waals surface area contributed by atoms with Crippen molar-refractivity contribution in [1.29, 1.82) is 0 Å². The number of hydrogen-bond acceptors (Lipinski definition) is 8. The third-order valence-corrected chi connectivity index (χ3v) is 6.75. The summed E-state index contributed by atoms with van der Waals surface area (Å²) in [5.74, 6) is -0.337. The number of carbonyl (C=O) groups is 1. The van der Waals surface area contributed by atoms with E-state index in [9.17, 15) is 25.2 Å². The average molecular weight is 625 g/mol. The molecule has 5 atom stereocenters. The fourth-order valence-electron chi connectivity index (χ4n) is 3.97. The van der Waals surface area contributed by atoms with Gasteiger partial charge in [0.15, 0.2) is 6.29 Å². The van der Waals surface area contributed by atoms with Crippen molar-refractivity contribution in [3.8, 4) is 0 Å². The lowest BCUT2D eigenvalue weighted by Crippen LogP contribution is -2.60. The van der Waals surface area contributed by atoms with Gasteiger partial charge in [-0.25, -0.2) is 4.79 Å². The molecule has 1 rings (SSSR count). The average Bonchev–Trinajstić information content (AvgIpc) is 2.98. The molecular weight excluding hydrogens is 572 g/mol. The second-order valence-corrected chi connectivity index (χ2v) is 11.6. The van der Waals surface area contributed by atoms with E-state index in [-0.39, 0.29) is 5.97 Å². The Hall–Kier alpha value is -3.37. The van der Waals surface area contributed by atoms with Crippen LogP contribution in [0.4, 0.5) is 0 Å². The first kappa shape index (κ1) is 39.7. The summed E-state index contributed by atoms with van der Waals surface area (Å²) in [7, 11) is 1.36. The number of aliphatic hydroxyl groups excluding tert-OH is 4. The zero-order valence-electron chi connectivity index (χ0n) is 27.9.